The third kappa shape index (κ3) is 4.79. The largest absolute Gasteiger partial charge is 0.480 e. The lowest BCUT2D eigenvalue weighted by atomic mass is 9.83. The molecule has 0 saturated heterocycles. The first-order valence-corrected chi connectivity index (χ1v) is 13.7. The lowest BCUT2D eigenvalue weighted by Gasteiger charge is -2.20. The van der Waals surface area contributed by atoms with Crippen LogP contribution >= 0.6 is 34.0 Å². The average molecular weight is 499 g/mol. The smallest absolute Gasteiger partial charge is 0.318 e. The van der Waals surface area contributed by atoms with Crippen LogP contribution in [0.15, 0.2) is 29.8 Å². The zero-order valence-corrected chi connectivity index (χ0v) is 22.4. The Morgan fingerprint density at radius 1 is 0.879 bits per heavy atom. The number of aryl methyl sites for hydroxylation is 6. The molecule has 33 heavy (non-hydrogen) atoms. The second kappa shape index (κ2) is 9.32. The highest BCUT2D eigenvalue weighted by Crippen LogP contribution is 2.50. The number of ketones is 1. The number of thiophene rings is 3. The van der Waals surface area contributed by atoms with Gasteiger partial charge in [-0.3, -0.25) is 9.59 Å². The van der Waals surface area contributed by atoms with Crippen LogP contribution < -0.4 is 0 Å². The zero-order valence-electron chi connectivity index (χ0n) is 19.9. The second-order valence-electron chi connectivity index (χ2n) is 9.17. The van der Waals surface area contributed by atoms with Crippen LogP contribution in [0, 0.1) is 47.5 Å². The Morgan fingerprint density at radius 2 is 1.42 bits per heavy atom. The summed E-state index contributed by atoms with van der Waals surface area (Å²) < 4.78 is 0. The molecule has 0 bridgehead atoms. The van der Waals surface area contributed by atoms with Crippen molar-refractivity contribution in [2.75, 3.05) is 0 Å². The number of carbonyl (C=O) groups excluding carboxylic acids is 1. The van der Waals surface area contributed by atoms with Gasteiger partial charge in [0.05, 0.1) is 0 Å². The Labute approximate surface area is 207 Å². The normalized spacial score (nSPS) is 19.0. The Bertz CT molecular complexity index is 1250. The molecule has 3 heterocycles. The monoisotopic (exact) mass is 498 g/mol. The van der Waals surface area contributed by atoms with Crippen molar-refractivity contribution >= 4 is 45.8 Å². The molecular formula is C27H30O3S3. The van der Waals surface area contributed by atoms with Crippen molar-refractivity contribution in [3.05, 3.63) is 75.8 Å². The summed E-state index contributed by atoms with van der Waals surface area (Å²) in [6, 6.07) is 6.50. The van der Waals surface area contributed by atoms with Crippen molar-refractivity contribution in [1.29, 1.82) is 0 Å². The topological polar surface area (TPSA) is 54.4 Å². The van der Waals surface area contributed by atoms with Gasteiger partial charge >= 0.3 is 5.97 Å². The summed E-state index contributed by atoms with van der Waals surface area (Å²) in [4.78, 5) is 33.0. The molecule has 3 nitrogen and oxygen atoms in total. The summed E-state index contributed by atoms with van der Waals surface area (Å²) in [6.45, 7) is 12.5. The first-order chi connectivity index (χ1) is 15.5. The van der Waals surface area contributed by atoms with E-state index >= 15 is 0 Å². The van der Waals surface area contributed by atoms with Gasteiger partial charge in [-0.1, -0.05) is 11.6 Å². The molecule has 0 radical (unpaired) electrons. The third-order valence-corrected chi connectivity index (χ3v) is 9.62. The minimum Gasteiger partial charge on any atom is -0.480 e. The highest BCUT2D eigenvalue weighted by Gasteiger charge is 2.40. The molecule has 0 aromatic carbocycles. The Kier molecular flexibility index (Phi) is 6.81. The molecule has 0 fully saturated rings. The van der Waals surface area contributed by atoms with Crippen LogP contribution in [0.5, 0.6) is 0 Å². The van der Waals surface area contributed by atoms with Gasteiger partial charge in [-0.05, 0) is 88.8 Å². The number of allylic oxidation sites excluding steroid dienone is 1. The SMILES string of the molecule is Cc1cc(CC(=O)C(C(=O)O)C2=CC(c3cc(C)sc3C)C(c3cc(C)sc3C)C2)c(C)s1. The first kappa shape index (κ1) is 24.1. The van der Waals surface area contributed by atoms with E-state index in [9.17, 15) is 14.7 Å². The molecule has 4 rings (SSSR count). The number of aliphatic carboxylic acids is 1. The predicted octanol–water partition coefficient (Wildman–Crippen LogP) is 7.43. The fraction of sp³-hybridized carbons (Fsp3) is 0.407. The zero-order chi connectivity index (χ0) is 24.0. The summed E-state index contributed by atoms with van der Waals surface area (Å²) in [5, 5.41) is 10.1. The summed E-state index contributed by atoms with van der Waals surface area (Å²) in [5.41, 5.74) is 4.27. The Hall–Kier alpha value is -2.02. The maximum atomic E-state index is 13.3. The highest BCUT2D eigenvalue weighted by atomic mass is 32.1. The Balaban J connectivity index is 1.72. The number of Topliss-reactive ketones (excluding diaryl/α,β-unsaturated/α-hetero) is 1. The van der Waals surface area contributed by atoms with E-state index in [1.54, 1.807) is 34.0 Å². The number of carbonyl (C=O) groups is 2. The van der Waals surface area contributed by atoms with E-state index in [1.807, 2.05) is 19.9 Å². The molecule has 3 atom stereocenters. The van der Waals surface area contributed by atoms with Gasteiger partial charge in [0.25, 0.3) is 0 Å². The number of carboxylic acid groups (broad SMARTS) is 1. The van der Waals surface area contributed by atoms with E-state index < -0.39 is 11.9 Å². The molecule has 0 saturated carbocycles. The van der Waals surface area contributed by atoms with Crippen molar-refractivity contribution in [2.24, 2.45) is 5.92 Å². The molecular weight excluding hydrogens is 468 g/mol. The average Bonchev–Trinajstić information content (AvgIpc) is 3.43. The summed E-state index contributed by atoms with van der Waals surface area (Å²) in [5.74, 6) is -2.08. The molecule has 0 spiro atoms. The summed E-state index contributed by atoms with van der Waals surface area (Å²) in [7, 11) is 0. The maximum absolute atomic E-state index is 13.3. The lowest BCUT2D eigenvalue weighted by Crippen LogP contribution is -2.27. The van der Waals surface area contributed by atoms with Crippen molar-refractivity contribution < 1.29 is 14.7 Å². The van der Waals surface area contributed by atoms with Crippen LogP contribution in [0.25, 0.3) is 0 Å². The number of hydrogen-bond donors (Lipinski definition) is 1. The van der Waals surface area contributed by atoms with Crippen molar-refractivity contribution in [3.8, 4) is 0 Å². The second-order valence-corrected chi connectivity index (χ2v) is 13.5. The van der Waals surface area contributed by atoms with E-state index in [2.05, 4.69) is 45.9 Å². The molecule has 1 N–H and O–H groups in total. The minimum absolute atomic E-state index is 0.0948. The van der Waals surface area contributed by atoms with E-state index in [0.717, 1.165) is 20.9 Å². The van der Waals surface area contributed by atoms with E-state index in [-0.39, 0.29) is 24.0 Å². The van der Waals surface area contributed by atoms with Crippen LogP contribution in [0.3, 0.4) is 0 Å². The van der Waals surface area contributed by atoms with Gasteiger partial charge in [0.1, 0.15) is 5.92 Å². The first-order valence-electron chi connectivity index (χ1n) is 11.2. The summed E-state index contributed by atoms with van der Waals surface area (Å²) >= 11 is 5.22. The van der Waals surface area contributed by atoms with Crippen molar-refractivity contribution in [3.63, 3.8) is 0 Å². The summed E-state index contributed by atoms with van der Waals surface area (Å²) in [6.07, 6.45) is 2.89. The fourth-order valence-corrected chi connectivity index (χ4v) is 8.20. The molecule has 3 aromatic rings. The van der Waals surface area contributed by atoms with Gasteiger partial charge in [-0.15, -0.1) is 34.0 Å². The predicted molar refractivity (Wildman–Crippen MR) is 139 cm³/mol. The van der Waals surface area contributed by atoms with Gasteiger partial charge in [-0.25, -0.2) is 0 Å². The van der Waals surface area contributed by atoms with Crippen molar-refractivity contribution in [2.45, 2.75) is 66.2 Å². The van der Waals surface area contributed by atoms with Crippen LogP contribution in [-0.2, 0) is 16.0 Å². The lowest BCUT2D eigenvalue weighted by molar-refractivity contribution is -0.144. The Morgan fingerprint density at radius 3 is 1.91 bits per heavy atom. The third-order valence-electron chi connectivity index (χ3n) is 6.65. The fourth-order valence-electron chi connectivity index (χ4n) is 5.27. The highest BCUT2D eigenvalue weighted by molar-refractivity contribution is 7.12. The van der Waals surface area contributed by atoms with Crippen LogP contribution in [0.1, 0.15) is 64.2 Å². The van der Waals surface area contributed by atoms with Gasteiger partial charge < -0.3 is 5.11 Å². The van der Waals surface area contributed by atoms with Crippen LogP contribution in [0.4, 0.5) is 0 Å². The van der Waals surface area contributed by atoms with Gasteiger partial charge in [-0.2, -0.15) is 0 Å². The number of rotatable bonds is 7. The molecule has 0 aliphatic heterocycles. The van der Waals surface area contributed by atoms with Gasteiger partial charge in [0.15, 0.2) is 5.78 Å². The van der Waals surface area contributed by atoms with Crippen molar-refractivity contribution in [1.82, 2.24) is 0 Å². The van der Waals surface area contributed by atoms with E-state index in [4.69, 9.17) is 0 Å². The molecule has 1 aliphatic carbocycles. The van der Waals surface area contributed by atoms with Gasteiger partial charge in [0.2, 0.25) is 0 Å². The molecule has 6 heteroatoms. The number of hydrogen-bond acceptors (Lipinski definition) is 5. The van der Waals surface area contributed by atoms with Crippen LogP contribution in [0.2, 0.25) is 0 Å². The standard InChI is InChI=1S/C27H30O3S3/c1-13-7-19(16(4)31-13)12-25(28)26(27(29)30)20-10-23(21-8-14(2)32-17(21)5)24(11-20)22-9-15(3)33-18(22)6/h7-10,23-24,26H,11-12H2,1-6H3,(H,29,30). The molecule has 0 amide bonds. The molecule has 3 aromatic heterocycles. The number of carboxylic acids is 1. The van der Waals surface area contributed by atoms with E-state index in [0.29, 0.717) is 6.42 Å². The molecule has 174 valence electrons. The molecule has 1 aliphatic rings. The minimum atomic E-state index is -1.09. The van der Waals surface area contributed by atoms with Gasteiger partial charge in [0, 0.05) is 41.6 Å². The maximum Gasteiger partial charge on any atom is 0.318 e. The van der Waals surface area contributed by atoms with Crippen LogP contribution in [-0.4, -0.2) is 16.9 Å². The van der Waals surface area contributed by atoms with E-state index in [1.165, 1.54) is 30.6 Å². The molecule has 3 unspecified atom stereocenters. The quantitative estimate of drug-likeness (QED) is 0.272.